The Kier molecular flexibility index (Phi) is 7.40. The normalized spacial score (nSPS) is 12.0. The van der Waals surface area contributed by atoms with Crippen molar-refractivity contribution in [3.8, 4) is 17.2 Å². The van der Waals surface area contributed by atoms with Gasteiger partial charge in [-0.05, 0) is 74.7 Å². The number of hydrogen-bond acceptors (Lipinski definition) is 4. The van der Waals surface area contributed by atoms with E-state index in [1.807, 2.05) is 74.5 Å². The van der Waals surface area contributed by atoms with Gasteiger partial charge in [0.2, 0.25) is 0 Å². The van der Waals surface area contributed by atoms with Gasteiger partial charge in [0.1, 0.15) is 17.2 Å². The molecule has 0 radical (unpaired) electrons. The highest BCUT2D eigenvalue weighted by Crippen LogP contribution is 2.28. The number of aryl methyl sites for hydroxylation is 2. The number of halogens is 1. The molecule has 1 atom stereocenters. The van der Waals surface area contributed by atoms with Gasteiger partial charge in [-0.2, -0.15) is 0 Å². The number of rotatable bonds is 10. The number of nitrogens with zero attached hydrogens (tertiary/aromatic N) is 2. The predicted octanol–water partition coefficient (Wildman–Crippen LogP) is 7.01. The topological polar surface area (TPSA) is 45.5 Å². The minimum absolute atomic E-state index is 0.203. The summed E-state index contributed by atoms with van der Waals surface area (Å²) >= 11 is 6.16. The molecule has 1 heterocycles. The fourth-order valence-electron chi connectivity index (χ4n) is 3.84. The molecule has 0 fully saturated rings. The second-order valence-corrected chi connectivity index (χ2v) is 8.42. The van der Waals surface area contributed by atoms with Crippen LogP contribution in [0.3, 0.4) is 0 Å². The maximum Gasteiger partial charge on any atom is 0.153 e. The van der Waals surface area contributed by atoms with E-state index < -0.39 is 0 Å². The van der Waals surface area contributed by atoms with E-state index in [0.717, 1.165) is 64.1 Å². The minimum atomic E-state index is -0.203. The summed E-state index contributed by atoms with van der Waals surface area (Å²) in [6.45, 7) is 5.49. The number of hydrogen-bond donors (Lipinski definition) is 0. The molecule has 0 bridgehead atoms. The smallest absolute Gasteiger partial charge is 0.153 e. The van der Waals surface area contributed by atoms with E-state index in [2.05, 4.69) is 10.6 Å². The SMILES string of the molecule is COc1cccc(OCCCCn2c(C(C)Oc3ccc(Cl)c(C)c3)nc3ccccc32)c1. The van der Waals surface area contributed by atoms with Crippen LogP contribution in [0.4, 0.5) is 0 Å². The first-order valence-corrected chi connectivity index (χ1v) is 11.6. The highest BCUT2D eigenvalue weighted by atomic mass is 35.5. The van der Waals surface area contributed by atoms with Gasteiger partial charge < -0.3 is 18.8 Å². The fraction of sp³-hybridized carbons (Fsp3) is 0.296. The van der Waals surface area contributed by atoms with Gasteiger partial charge in [0.05, 0.1) is 24.8 Å². The van der Waals surface area contributed by atoms with Crippen molar-refractivity contribution in [3.63, 3.8) is 0 Å². The Labute approximate surface area is 199 Å². The molecule has 0 N–H and O–H groups in total. The van der Waals surface area contributed by atoms with Crippen LogP contribution in [-0.4, -0.2) is 23.3 Å². The van der Waals surface area contributed by atoms with Gasteiger partial charge in [0.15, 0.2) is 11.9 Å². The Morgan fingerprint density at radius 1 is 0.939 bits per heavy atom. The second kappa shape index (κ2) is 10.6. The van der Waals surface area contributed by atoms with Crippen LogP contribution in [0.15, 0.2) is 66.7 Å². The van der Waals surface area contributed by atoms with E-state index in [1.165, 1.54) is 0 Å². The average molecular weight is 465 g/mol. The summed E-state index contributed by atoms with van der Waals surface area (Å²) in [7, 11) is 1.66. The molecule has 0 saturated carbocycles. The lowest BCUT2D eigenvalue weighted by molar-refractivity contribution is 0.210. The Morgan fingerprint density at radius 2 is 1.76 bits per heavy atom. The van der Waals surface area contributed by atoms with Crippen LogP contribution in [0.5, 0.6) is 17.2 Å². The Bertz CT molecular complexity index is 1220. The molecule has 0 spiro atoms. The standard InChI is InChI=1S/C27H29ClN2O3/c1-19-17-23(13-14-24(19)28)33-20(2)27-29-25-11-4-5-12-26(25)30(27)15-6-7-16-32-22-10-8-9-21(18-22)31-3/h4-5,8-14,17-18,20H,6-7,15-16H2,1-3H3. The highest BCUT2D eigenvalue weighted by molar-refractivity contribution is 6.31. The molecule has 5 nitrogen and oxygen atoms in total. The van der Waals surface area contributed by atoms with Gasteiger partial charge >= 0.3 is 0 Å². The zero-order chi connectivity index (χ0) is 23.2. The van der Waals surface area contributed by atoms with Crippen LogP contribution in [0.2, 0.25) is 5.02 Å². The fourth-order valence-corrected chi connectivity index (χ4v) is 3.96. The molecule has 0 aliphatic carbocycles. The number of ether oxygens (including phenoxy) is 3. The quantitative estimate of drug-likeness (QED) is 0.237. The van der Waals surface area contributed by atoms with E-state index in [9.17, 15) is 0 Å². The maximum atomic E-state index is 6.24. The van der Waals surface area contributed by atoms with Gasteiger partial charge in [0, 0.05) is 17.6 Å². The molecule has 3 aromatic carbocycles. The third-order valence-corrected chi connectivity index (χ3v) is 6.00. The molecule has 1 aromatic heterocycles. The van der Waals surface area contributed by atoms with Crippen molar-refractivity contribution in [1.82, 2.24) is 9.55 Å². The Morgan fingerprint density at radius 3 is 2.58 bits per heavy atom. The molecule has 172 valence electrons. The summed E-state index contributed by atoms with van der Waals surface area (Å²) in [5, 5.41) is 0.735. The lowest BCUT2D eigenvalue weighted by Gasteiger charge is -2.17. The number of fused-ring (bicyclic) bond motifs is 1. The lowest BCUT2D eigenvalue weighted by Crippen LogP contribution is -2.13. The van der Waals surface area contributed by atoms with Crippen molar-refractivity contribution in [2.45, 2.75) is 39.3 Å². The lowest BCUT2D eigenvalue weighted by atomic mass is 10.2. The van der Waals surface area contributed by atoms with Crippen molar-refractivity contribution < 1.29 is 14.2 Å². The van der Waals surface area contributed by atoms with Crippen LogP contribution in [-0.2, 0) is 6.54 Å². The van der Waals surface area contributed by atoms with Gasteiger partial charge in [-0.15, -0.1) is 0 Å². The molecule has 33 heavy (non-hydrogen) atoms. The highest BCUT2D eigenvalue weighted by Gasteiger charge is 2.18. The summed E-state index contributed by atoms with van der Waals surface area (Å²) < 4.78 is 19.6. The van der Waals surface area contributed by atoms with Crippen molar-refractivity contribution in [2.24, 2.45) is 0 Å². The van der Waals surface area contributed by atoms with Gasteiger partial charge in [-0.1, -0.05) is 29.8 Å². The van der Waals surface area contributed by atoms with Crippen LogP contribution in [0.25, 0.3) is 11.0 Å². The molecule has 4 rings (SSSR count). The van der Waals surface area contributed by atoms with Crippen LogP contribution < -0.4 is 14.2 Å². The molecule has 6 heteroatoms. The third kappa shape index (κ3) is 5.60. The number of methoxy groups -OCH3 is 1. The predicted molar refractivity (Wildman–Crippen MR) is 133 cm³/mol. The van der Waals surface area contributed by atoms with Gasteiger partial charge in [-0.3, -0.25) is 0 Å². The molecule has 0 aliphatic rings. The molecular formula is C27H29ClN2O3. The first kappa shape index (κ1) is 23.0. The molecule has 0 amide bonds. The number of para-hydroxylation sites is 2. The first-order valence-electron chi connectivity index (χ1n) is 11.2. The zero-order valence-corrected chi connectivity index (χ0v) is 20.0. The van der Waals surface area contributed by atoms with Crippen molar-refractivity contribution in [2.75, 3.05) is 13.7 Å². The summed E-state index contributed by atoms with van der Waals surface area (Å²) in [5.41, 5.74) is 3.08. The molecule has 0 saturated heterocycles. The summed E-state index contributed by atoms with van der Waals surface area (Å²) in [4.78, 5) is 4.88. The summed E-state index contributed by atoms with van der Waals surface area (Å²) in [5.74, 6) is 3.32. The van der Waals surface area contributed by atoms with E-state index in [4.69, 9.17) is 30.8 Å². The number of benzene rings is 3. The average Bonchev–Trinajstić information content (AvgIpc) is 3.20. The number of unbranched alkanes of at least 4 members (excludes halogenated alkanes) is 1. The largest absolute Gasteiger partial charge is 0.497 e. The van der Waals surface area contributed by atoms with E-state index in [1.54, 1.807) is 7.11 Å². The molecule has 0 aliphatic heterocycles. The van der Waals surface area contributed by atoms with Gasteiger partial charge in [-0.25, -0.2) is 4.98 Å². The van der Waals surface area contributed by atoms with E-state index in [-0.39, 0.29) is 6.10 Å². The van der Waals surface area contributed by atoms with Crippen LogP contribution >= 0.6 is 11.6 Å². The first-order chi connectivity index (χ1) is 16.0. The molecule has 4 aromatic rings. The summed E-state index contributed by atoms with van der Waals surface area (Å²) in [6, 6.07) is 21.6. The maximum absolute atomic E-state index is 6.24. The Balaban J connectivity index is 1.42. The molecular weight excluding hydrogens is 436 g/mol. The summed E-state index contributed by atoms with van der Waals surface area (Å²) in [6.07, 6.45) is 1.68. The molecule has 1 unspecified atom stereocenters. The van der Waals surface area contributed by atoms with Crippen molar-refractivity contribution >= 4 is 22.6 Å². The second-order valence-electron chi connectivity index (χ2n) is 8.02. The van der Waals surface area contributed by atoms with E-state index in [0.29, 0.717) is 6.61 Å². The van der Waals surface area contributed by atoms with Gasteiger partial charge in [0.25, 0.3) is 0 Å². The van der Waals surface area contributed by atoms with E-state index >= 15 is 0 Å². The third-order valence-electron chi connectivity index (χ3n) is 5.58. The van der Waals surface area contributed by atoms with Crippen LogP contribution in [0, 0.1) is 6.92 Å². The minimum Gasteiger partial charge on any atom is -0.497 e. The monoisotopic (exact) mass is 464 g/mol. The Hall–Kier alpha value is -3.18. The van der Waals surface area contributed by atoms with Crippen LogP contribution in [0.1, 0.15) is 37.3 Å². The number of aromatic nitrogens is 2. The van der Waals surface area contributed by atoms with Crippen molar-refractivity contribution in [1.29, 1.82) is 0 Å². The zero-order valence-electron chi connectivity index (χ0n) is 19.3. The number of imidazole rings is 1. The van der Waals surface area contributed by atoms with Crippen molar-refractivity contribution in [3.05, 3.63) is 83.1 Å².